The number of nitrogen functional groups attached to an aromatic ring is 1. The highest BCUT2D eigenvalue weighted by Crippen LogP contribution is 2.36. The first-order chi connectivity index (χ1) is 9.31. The Hall–Kier alpha value is -1.62. The van der Waals surface area contributed by atoms with Crippen molar-refractivity contribution in [3.8, 4) is 0 Å². The molecule has 0 saturated carbocycles. The number of hydrogen-bond donors (Lipinski definition) is 1. The van der Waals surface area contributed by atoms with Crippen LogP contribution in [0.4, 0.5) is 5.69 Å². The zero-order valence-corrected chi connectivity index (χ0v) is 13.5. The van der Waals surface area contributed by atoms with E-state index in [0.717, 1.165) is 28.0 Å². The highest BCUT2D eigenvalue weighted by atomic mass is 32.1. The molecule has 0 aromatic carbocycles. The molecule has 0 bridgehead atoms. The van der Waals surface area contributed by atoms with E-state index in [-0.39, 0.29) is 5.91 Å². The topological polar surface area (TPSA) is 59.2 Å². The molecule has 0 fully saturated rings. The Kier molecular flexibility index (Phi) is 3.99. The molecule has 108 valence electrons. The molecular weight excluding hydrogens is 270 g/mol. The maximum absolute atomic E-state index is 12.5. The van der Waals surface area contributed by atoms with Gasteiger partial charge in [0.15, 0.2) is 0 Å². The molecule has 1 amide bonds. The lowest BCUT2D eigenvalue weighted by Crippen LogP contribution is -2.30. The number of nitrogens with zero attached hydrogens (tertiary/aromatic N) is 2. The van der Waals surface area contributed by atoms with Crippen molar-refractivity contribution < 1.29 is 4.79 Å². The average molecular weight is 291 g/mol. The van der Waals surface area contributed by atoms with Gasteiger partial charge in [0.05, 0.1) is 5.69 Å². The number of aromatic nitrogens is 1. The molecule has 0 aliphatic carbocycles. The summed E-state index contributed by atoms with van der Waals surface area (Å²) in [4.78, 5) is 19.3. The van der Waals surface area contributed by atoms with Crippen LogP contribution in [0, 0.1) is 19.8 Å². The van der Waals surface area contributed by atoms with Crippen molar-refractivity contribution in [3.05, 3.63) is 22.3 Å². The van der Waals surface area contributed by atoms with E-state index in [0.29, 0.717) is 16.5 Å². The molecule has 20 heavy (non-hydrogen) atoms. The van der Waals surface area contributed by atoms with Crippen molar-refractivity contribution in [1.82, 2.24) is 9.88 Å². The Morgan fingerprint density at radius 2 is 2.10 bits per heavy atom. The van der Waals surface area contributed by atoms with Gasteiger partial charge in [0, 0.05) is 35.1 Å². The van der Waals surface area contributed by atoms with Crippen LogP contribution in [0.15, 0.2) is 6.07 Å². The molecule has 2 aromatic rings. The number of anilines is 1. The van der Waals surface area contributed by atoms with Crippen molar-refractivity contribution in [2.75, 3.05) is 19.3 Å². The molecule has 0 atom stereocenters. The molecule has 2 aromatic heterocycles. The monoisotopic (exact) mass is 291 g/mol. The molecule has 2 N–H and O–H groups in total. The Morgan fingerprint density at radius 3 is 2.70 bits per heavy atom. The molecule has 4 nitrogen and oxygen atoms in total. The second kappa shape index (κ2) is 5.40. The van der Waals surface area contributed by atoms with Crippen molar-refractivity contribution in [2.24, 2.45) is 5.92 Å². The number of nitrogens with two attached hydrogens (primary N) is 1. The molecule has 0 saturated heterocycles. The molecule has 5 heteroatoms. The number of amides is 1. The Bertz CT molecular complexity index is 661. The summed E-state index contributed by atoms with van der Waals surface area (Å²) in [5.41, 5.74) is 8.59. The van der Waals surface area contributed by atoms with E-state index >= 15 is 0 Å². The van der Waals surface area contributed by atoms with Crippen LogP contribution in [0.25, 0.3) is 10.1 Å². The van der Waals surface area contributed by atoms with Crippen molar-refractivity contribution in [2.45, 2.75) is 27.7 Å². The van der Waals surface area contributed by atoms with Crippen LogP contribution >= 0.6 is 11.3 Å². The van der Waals surface area contributed by atoms with Gasteiger partial charge in [-0.25, -0.2) is 0 Å². The average Bonchev–Trinajstić information content (AvgIpc) is 2.64. The van der Waals surface area contributed by atoms with E-state index in [9.17, 15) is 4.79 Å². The summed E-state index contributed by atoms with van der Waals surface area (Å²) >= 11 is 1.46. The molecule has 0 unspecified atom stereocenters. The van der Waals surface area contributed by atoms with Crippen molar-refractivity contribution in [1.29, 1.82) is 0 Å². The van der Waals surface area contributed by atoms with Gasteiger partial charge >= 0.3 is 0 Å². The van der Waals surface area contributed by atoms with Crippen LogP contribution in [0.2, 0.25) is 0 Å². The number of pyridine rings is 1. The van der Waals surface area contributed by atoms with Crippen LogP contribution in [-0.2, 0) is 0 Å². The minimum Gasteiger partial charge on any atom is -0.397 e. The van der Waals surface area contributed by atoms with Gasteiger partial charge < -0.3 is 10.6 Å². The Balaban J connectivity index is 2.48. The van der Waals surface area contributed by atoms with Gasteiger partial charge in [-0.15, -0.1) is 11.3 Å². The smallest absolute Gasteiger partial charge is 0.265 e. The molecule has 0 aliphatic heterocycles. The van der Waals surface area contributed by atoms with Crippen LogP contribution in [0.5, 0.6) is 0 Å². The van der Waals surface area contributed by atoms with Gasteiger partial charge in [-0.1, -0.05) is 13.8 Å². The zero-order chi connectivity index (χ0) is 15.0. The molecule has 2 heterocycles. The summed E-state index contributed by atoms with van der Waals surface area (Å²) in [5, 5.41) is 0.918. The SMILES string of the molecule is Cc1cc2sc(C(=O)N(C)CC(C)C)c(N)c2c(C)n1. The number of carbonyl (C=O) groups is 1. The second-order valence-electron chi connectivity index (χ2n) is 5.65. The van der Waals surface area contributed by atoms with E-state index in [1.54, 1.807) is 4.90 Å². The van der Waals surface area contributed by atoms with E-state index < -0.39 is 0 Å². The predicted octanol–water partition coefficient (Wildman–Crippen LogP) is 3.22. The van der Waals surface area contributed by atoms with E-state index in [1.807, 2.05) is 27.0 Å². The quantitative estimate of drug-likeness (QED) is 0.944. The summed E-state index contributed by atoms with van der Waals surface area (Å²) in [5.74, 6) is 0.430. The third-order valence-corrected chi connectivity index (χ3v) is 4.34. The number of hydrogen-bond acceptors (Lipinski definition) is 4. The maximum atomic E-state index is 12.5. The largest absolute Gasteiger partial charge is 0.397 e. The first kappa shape index (κ1) is 14.8. The number of carbonyl (C=O) groups excluding carboxylic acids is 1. The lowest BCUT2D eigenvalue weighted by molar-refractivity contribution is 0.0785. The summed E-state index contributed by atoms with van der Waals surface area (Å²) in [6.07, 6.45) is 0. The normalized spacial score (nSPS) is 11.3. The molecule has 2 rings (SSSR count). The van der Waals surface area contributed by atoms with Crippen molar-refractivity contribution >= 4 is 33.0 Å². The van der Waals surface area contributed by atoms with Crippen molar-refractivity contribution in [3.63, 3.8) is 0 Å². The first-order valence-corrected chi connectivity index (χ1v) is 7.54. The summed E-state index contributed by atoms with van der Waals surface area (Å²) in [7, 11) is 1.82. The first-order valence-electron chi connectivity index (χ1n) is 6.73. The summed E-state index contributed by atoms with van der Waals surface area (Å²) in [6, 6.07) is 1.99. The van der Waals surface area contributed by atoms with Gasteiger partial charge in [0.1, 0.15) is 4.88 Å². The van der Waals surface area contributed by atoms with E-state index in [2.05, 4.69) is 18.8 Å². The standard InChI is InChI=1S/C15H21N3OS/c1-8(2)7-18(5)15(19)14-13(16)12-10(4)17-9(3)6-11(12)20-14/h6,8H,7,16H2,1-5H3. The van der Waals surface area contributed by atoms with Crippen LogP contribution < -0.4 is 5.73 Å². The predicted molar refractivity (Wildman–Crippen MR) is 85.3 cm³/mol. The number of thiophene rings is 1. The van der Waals surface area contributed by atoms with Crippen LogP contribution in [-0.4, -0.2) is 29.4 Å². The van der Waals surface area contributed by atoms with Gasteiger partial charge in [0.25, 0.3) is 5.91 Å². The minimum atomic E-state index is -0.00514. The molecule has 0 radical (unpaired) electrons. The van der Waals surface area contributed by atoms with Gasteiger partial charge in [-0.3, -0.25) is 9.78 Å². The zero-order valence-electron chi connectivity index (χ0n) is 12.7. The Labute approximate surface area is 123 Å². The lowest BCUT2D eigenvalue weighted by atomic mass is 10.1. The minimum absolute atomic E-state index is 0.00514. The molecular formula is C15H21N3OS. The summed E-state index contributed by atoms with van der Waals surface area (Å²) in [6.45, 7) is 8.80. The molecule has 0 aliphatic rings. The molecule has 0 spiro atoms. The lowest BCUT2D eigenvalue weighted by Gasteiger charge is -2.18. The third-order valence-electron chi connectivity index (χ3n) is 3.20. The van der Waals surface area contributed by atoms with E-state index in [1.165, 1.54) is 11.3 Å². The van der Waals surface area contributed by atoms with Crippen LogP contribution in [0.1, 0.15) is 34.9 Å². The van der Waals surface area contributed by atoms with Gasteiger partial charge in [-0.2, -0.15) is 0 Å². The highest BCUT2D eigenvalue weighted by Gasteiger charge is 2.21. The van der Waals surface area contributed by atoms with Crippen LogP contribution in [0.3, 0.4) is 0 Å². The maximum Gasteiger partial charge on any atom is 0.265 e. The van der Waals surface area contributed by atoms with Gasteiger partial charge in [-0.05, 0) is 25.8 Å². The second-order valence-corrected chi connectivity index (χ2v) is 6.70. The number of aryl methyl sites for hydroxylation is 2. The third kappa shape index (κ3) is 2.63. The fourth-order valence-electron chi connectivity index (χ4n) is 2.44. The highest BCUT2D eigenvalue weighted by molar-refractivity contribution is 7.21. The summed E-state index contributed by atoms with van der Waals surface area (Å²) < 4.78 is 1.04. The van der Waals surface area contributed by atoms with Gasteiger partial charge in [0.2, 0.25) is 0 Å². The fraction of sp³-hybridized carbons (Fsp3) is 0.467. The van der Waals surface area contributed by atoms with E-state index in [4.69, 9.17) is 5.73 Å². The number of fused-ring (bicyclic) bond motifs is 1. The number of rotatable bonds is 3. The fourth-order valence-corrected chi connectivity index (χ4v) is 3.71. The Morgan fingerprint density at radius 1 is 1.45 bits per heavy atom.